The lowest BCUT2D eigenvalue weighted by molar-refractivity contribution is -0.0239. The Bertz CT molecular complexity index is 185. The molecule has 1 aliphatic rings. The van der Waals surface area contributed by atoms with E-state index in [-0.39, 0.29) is 5.60 Å². The van der Waals surface area contributed by atoms with E-state index in [1.807, 2.05) is 0 Å². The van der Waals surface area contributed by atoms with Crippen molar-refractivity contribution < 1.29 is 9.47 Å². The van der Waals surface area contributed by atoms with Gasteiger partial charge in [-0.2, -0.15) is 0 Å². The van der Waals surface area contributed by atoms with Crippen LogP contribution in [-0.2, 0) is 9.47 Å². The number of nitrogens with one attached hydrogen (secondary N) is 1. The van der Waals surface area contributed by atoms with Gasteiger partial charge in [0, 0.05) is 33.3 Å². The molecule has 1 heterocycles. The summed E-state index contributed by atoms with van der Waals surface area (Å²) in [5.74, 6) is 0. The molecule has 4 nitrogen and oxygen atoms in total. The molecule has 0 saturated carbocycles. The van der Waals surface area contributed by atoms with Crippen LogP contribution in [0, 0.1) is 0 Å². The number of rotatable bonds is 5. The van der Waals surface area contributed by atoms with Crippen LogP contribution in [0.4, 0.5) is 0 Å². The summed E-state index contributed by atoms with van der Waals surface area (Å²) in [5.41, 5.74) is -0.0967. The van der Waals surface area contributed by atoms with Crippen molar-refractivity contribution in [2.45, 2.75) is 25.6 Å². The molecule has 1 aliphatic heterocycles. The summed E-state index contributed by atoms with van der Waals surface area (Å²) in [7, 11) is 3.88. The van der Waals surface area contributed by atoms with E-state index in [1.54, 1.807) is 7.11 Å². The predicted octanol–water partition coefficient (Wildman–Crippen LogP) is 0.332. The average Bonchev–Trinajstić information content (AvgIpc) is 2.18. The summed E-state index contributed by atoms with van der Waals surface area (Å²) in [6.45, 7) is 8.81. The minimum absolute atomic E-state index is 0.0967. The molecule has 0 aromatic carbocycles. The zero-order chi connectivity index (χ0) is 11.3. The van der Waals surface area contributed by atoms with Gasteiger partial charge in [-0.1, -0.05) is 0 Å². The molecule has 0 aromatic heterocycles. The van der Waals surface area contributed by atoms with E-state index < -0.39 is 0 Å². The normalized spacial score (nSPS) is 24.4. The molecule has 1 N–H and O–H groups in total. The number of ether oxygens (including phenoxy) is 2. The molecule has 1 fully saturated rings. The lowest BCUT2D eigenvalue weighted by Crippen LogP contribution is -2.47. The van der Waals surface area contributed by atoms with E-state index in [0.717, 1.165) is 32.8 Å². The summed E-state index contributed by atoms with van der Waals surface area (Å²) in [5, 5.41) is 3.39. The van der Waals surface area contributed by atoms with Crippen molar-refractivity contribution in [3.63, 3.8) is 0 Å². The van der Waals surface area contributed by atoms with Crippen LogP contribution < -0.4 is 5.32 Å². The molecule has 0 bridgehead atoms. The Kier molecular flexibility index (Phi) is 4.99. The number of likely N-dealkylation sites (N-methyl/N-ethyl adjacent to an activating group) is 1. The first-order chi connectivity index (χ1) is 7.03. The van der Waals surface area contributed by atoms with E-state index in [4.69, 9.17) is 9.47 Å². The molecule has 15 heavy (non-hydrogen) atoms. The van der Waals surface area contributed by atoms with E-state index in [1.165, 1.54) is 0 Å². The average molecular weight is 216 g/mol. The van der Waals surface area contributed by atoms with E-state index in [0.29, 0.717) is 6.10 Å². The second-order valence-electron chi connectivity index (χ2n) is 4.85. The maximum Gasteiger partial charge on any atom is 0.0826 e. The van der Waals surface area contributed by atoms with Crippen LogP contribution >= 0.6 is 0 Å². The van der Waals surface area contributed by atoms with E-state index in [2.05, 4.69) is 31.1 Å². The molecule has 0 amide bonds. The zero-order valence-corrected chi connectivity index (χ0v) is 10.4. The van der Waals surface area contributed by atoms with Gasteiger partial charge >= 0.3 is 0 Å². The zero-order valence-electron chi connectivity index (χ0n) is 10.4. The van der Waals surface area contributed by atoms with Crippen molar-refractivity contribution >= 4 is 0 Å². The number of methoxy groups -OCH3 is 1. The Morgan fingerprint density at radius 3 is 2.87 bits per heavy atom. The topological polar surface area (TPSA) is 33.7 Å². The first-order valence-electron chi connectivity index (χ1n) is 5.59. The van der Waals surface area contributed by atoms with Crippen LogP contribution in [0.3, 0.4) is 0 Å². The Balaban J connectivity index is 2.14. The minimum Gasteiger partial charge on any atom is -0.377 e. The smallest absolute Gasteiger partial charge is 0.0826 e. The number of morpholine rings is 1. The van der Waals surface area contributed by atoms with Gasteiger partial charge in [-0.15, -0.1) is 0 Å². The molecule has 0 radical (unpaired) electrons. The van der Waals surface area contributed by atoms with Crippen molar-refractivity contribution in [1.29, 1.82) is 0 Å². The highest BCUT2D eigenvalue weighted by atomic mass is 16.5. The summed E-state index contributed by atoms with van der Waals surface area (Å²) in [6.07, 6.45) is 0.316. The molecule has 1 unspecified atom stereocenters. The van der Waals surface area contributed by atoms with Gasteiger partial charge in [0.2, 0.25) is 0 Å². The van der Waals surface area contributed by atoms with Gasteiger partial charge in [-0.05, 0) is 20.9 Å². The molecule has 1 atom stereocenters. The van der Waals surface area contributed by atoms with Crippen molar-refractivity contribution in [2.24, 2.45) is 0 Å². The van der Waals surface area contributed by atoms with Crippen molar-refractivity contribution in [2.75, 3.05) is 46.9 Å². The molecule has 4 heteroatoms. The maximum atomic E-state index is 5.65. The first kappa shape index (κ1) is 12.9. The summed E-state index contributed by atoms with van der Waals surface area (Å²) in [6, 6.07) is 0. The predicted molar refractivity (Wildman–Crippen MR) is 61.2 cm³/mol. The number of hydrogen-bond donors (Lipinski definition) is 1. The fraction of sp³-hybridized carbons (Fsp3) is 1.00. The van der Waals surface area contributed by atoms with Crippen molar-refractivity contribution in [3.05, 3.63) is 0 Å². The molecular weight excluding hydrogens is 192 g/mol. The van der Waals surface area contributed by atoms with E-state index in [9.17, 15) is 0 Å². The first-order valence-corrected chi connectivity index (χ1v) is 5.59. The van der Waals surface area contributed by atoms with E-state index >= 15 is 0 Å². The fourth-order valence-electron chi connectivity index (χ4n) is 1.60. The van der Waals surface area contributed by atoms with Crippen LogP contribution in [0.25, 0.3) is 0 Å². The highest BCUT2D eigenvalue weighted by molar-refractivity contribution is 4.75. The Morgan fingerprint density at radius 1 is 1.53 bits per heavy atom. The third-order valence-corrected chi connectivity index (χ3v) is 2.82. The van der Waals surface area contributed by atoms with Crippen LogP contribution in [0.15, 0.2) is 0 Å². The Labute approximate surface area is 92.9 Å². The molecule has 1 saturated heterocycles. The van der Waals surface area contributed by atoms with Gasteiger partial charge in [0.05, 0.1) is 18.3 Å². The van der Waals surface area contributed by atoms with Gasteiger partial charge in [-0.3, -0.25) is 0 Å². The van der Waals surface area contributed by atoms with Crippen molar-refractivity contribution in [3.8, 4) is 0 Å². The highest BCUT2D eigenvalue weighted by Crippen LogP contribution is 2.06. The quantitative estimate of drug-likeness (QED) is 0.718. The molecule has 1 rings (SSSR count). The monoisotopic (exact) mass is 216 g/mol. The molecule has 0 spiro atoms. The summed E-state index contributed by atoms with van der Waals surface area (Å²) >= 11 is 0. The van der Waals surface area contributed by atoms with Gasteiger partial charge < -0.3 is 19.7 Å². The fourth-order valence-corrected chi connectivity index (χ4v) is 1.60. The summed E-state index contributed by atoms with van der Waals surface area (Å²) in [4.78, 5) is 2.30. The molecule has 90 valence electrons. The van der Waals surface area contributed by atoms with Crippen LogP contribution in [0.2, 0.25) is 0 Å². The van der Waals surface area contributed by atoms with Crippen LogP contribution in [-0.4, -0.2) is 63.5 Å². The minimum atomic E-state index is -0.0967. The Hall–Kier alpha value is -0.160. The SMILES string of the molecule is COC(C)(C)CNCC1CN(C)CCO1. The van der Waals surface area contributed by atoms with Crippen LogP contribution in [0.5, 0.6) is 0 Å². The van der Waals surface area contributed by atoms with Gasteiger partial charge in [0.1, 0.15) is 0 Å². The second kappa shape index (κ2) is 5.80. The largest absolute Gasteiger partial charge is 0.377 e. The third-order valence-electron chi connectivity index (χ3n) is 2.82. The number of nitrogens with zero attached hydrogens (tertiary/aromatic N) is 1. The van der Waals surface area contributed by atoms with Gasteiger partial charge in [-0.25, -0.2) is 0 Å². The van der Waals surface area contributed by atoms with Crippen molar-refractivity contribution in [1.82, 2.24) is 10.2 Å². The molecule has 0 aliphatic carbocycles. The van der Waals surface area contributed by atoms with Crippen LogP contribution in [0.1, 0.15) is 13.8 Å². The van der Waals surface area contributed by atoms with Gasteiger partial charge in [0.25, 0.3) is 0 Å². The third kappa shape index (κ3) is 4.93. The standard InChI is InChI=1S/C11H24N2O2/c1-11(2,14-4)9-12-7-10-8-13(3)5-6-15-10/h10,12H,5-9H2,1-4H3. The highest BCUT2D eigenvalue weighted by Gasteiger charge is 2.19. The lowest BCUT2D eigenvalue weighted by atomic mass is 10.1. The Morgan fingerprint density at radius 2 is 2.27 bits per heavy atom. The lowest BCUT2D eigenvalue weighted by Gasteiger charge is -2.31. The molecular formula is C11H24N2O2. The second-order valence-corrected chi connectivity index (χ2v) is 4.85. The maximum absolute atomic E-state index is 5.65. The summed E-state index contributed by atoms with van der Waals surface area (Å²) < 4.78 is 11.0. The van der Waals surface area contributed by atoms with Gasteiger partial charge in [0.15, 0.2) is 0 Å². The number of hydrogen-bond acceptors (Lipinski definition) is 4. The molecule has 0 aromatic rings.